The Bertz CT molecular complexity index is 270. The number of hydrogen-bond acceptors (Lipinski definition) is 4. The maximum absolute atomic E-state index is 11.4. The molecule has 1 aliphatic rings. The first-order valence-electron chi connectivity index (χ1n) is 4.50. The van der Waals surface area contributed by atoms with E-state index in [9.17, 15) is 9.59 Å². The summed E-state index contributed by atoms with van der Waals surface area (Å²) < 4.78 is 10.2. The Morgan fingerprint density at radius 1 is 1.50 bits per heavy atom. The minimum atomic E-state index is -1.02. The van der Waals surface area contributed by atoms with E-state index in [4.69, 9.17) is 9.47 Å². The number of carbonyl (C=O) groups is 2. The van der Waals surface area contributed by atoms with Gasteiger partial charge in [0.15, 0.2) is 11.7 Å². The van der Waals surface area contributed by atoms with Crippen LogP contribution >= 0.6 is 0 Å². The third-order valence-corrected chi connectivity index (χ3v) is 1.95. The minimum Gasteiger partial charge on any atom is -0.456 e. The van der Waals surface area contributed by atoms with Crippen molar-refractivity contribution < 1.29 is 19.1 Å². The van der Waals surface area contributed by atoms with Crippen molar-refractivity contribution in [2.75, 3.05) is 0 Å². The van der Waals surface area contributed by atoms with Gasteiger partial charge in [0.25, 0.3) is 0 Å². The van der Waals surface area contributed by atoms with Crippen LogP contribution in [0, 0.1) is 5.92 Å². The molecule has 1 aliphatic heterocycles. The lowest BCUT2D eigenvalue weighted by molar-refractivity contribution is -0.226. The van der Waals surface area contributed by atoms with Crippen LogP contribution < -0.4 is 0 Å². The van der Waals surface area contributed by atoms with E-state index in [0.717, 1.165) is 0 Å². The van der Waals surface area contributed by atoms with E-state index in [2.05, 4.69) is 6.58 Å². The van der Waals surface area contributed by atoms with Gasteiger partial charge in [-0.1, -0.05) is 13.5 Å². The monoisotopic (exact) mass is 198 g/mol. The van der Waals surface area contributed by atoms with Crippen LogP contribution in [-0.2, 0) is 19.1 Å². The second kappa shape index (κ2) is 3.44. The van der Waals surface area contributed by atoms with E-state index in [1.165, 1.54) is 0 Å². The standard InChI is InChI=1S/C10H14O4/c1-5-7(11)8-6(2)13-10(3,4)14-9(8)12/h8H,2,5H2,1,3-4H3. The third kappa shape index (κ3) is 1.95. The van der Waals surface area contributed by atoms with Crippen LogP contribution in [-0.4, -0.2) is 17.5 Å². The molecule has 0 aromatic heterocycles. The van der Waals surface area contributed by atoms with Crippen molar-refractivity contribution in [3.63, 3.8) is 0 Å². The van der Waals surface area contributed by atoms with Gasteiger partial charge in [-0.3, -0.25) is 9.59 Å². The highest BCUT2D eigenvalue weighted by atomic mass is 16.7. The highest BCUT2D eigenvalue weighted by Crippen LogP contribution is 2.29. The van der Waals surface area contributed by atoms with Crippen molar-refractivity contribution >= 4 is 11.8 Å². The van der Waals surface area contributed by atoms with Crippen LogP contribution in [0.2, 0.25) is 0 Å². The summed E-state index contributed by atoms with van der Waals surface area (Å²) in [6.07, 6.45) is 0.266. The van der Waals surface area contributed by atoms with Crippen LogP contribution in [0.1, 0.15) is 27.2 Å². The fraction of sp³-hybridized carbons (Fsp3) is 0.600. The van der Waals surface area contributed by atoms with Gasteiger partial charge in [0, 0.05) is 20.3 Å². The fourth-order valence-electron chi connectivity index (χ4n) is 1.34. The first-order chi connectivity index (χ1) is 6.37. The van der Waals surface area contributed by atoms with Crippen LogP contribution in [0.4, 0.5) is 0 Å². The molecule has 4 nitrogen and oxygen atoms in total. The number of Topliss-reactive ketones (excluding diaryl/α,β-unsaturated/α-hetero) is 1. The van der Waals surface area contributed by atoms with Gasteiger partial charge in [-0.05, 0) is 0 Å². The van der Waals surface area contributed by atoms with E-state index in [1.54, 1.807) is 20.8 Å². The lowest BCUT2D eigenvalue weighted by Gasteiger charge is -2.35. The second-order valence-electron chi connectivity index (χ2n) is 3.64. The summed E-state index contributed by atoms with van der Waals surface area (Å²) >= 11 is 0. The molecule has 0 aromatic carbocycles. The van der Waals surface area contributed by atoms with Crippen LogP contribution in [0.15, 0.2) is 12.3 Å². The van der Waals surface area contributed by atoms with Gasteiger partial charge in [0.2, 0.25) is 5.79 Å². The number of esters is 1. The molecule has 0 amide bonds. The zero-order valence-electron chi connectivity index (χ0n) is 8.62. The molecule has 0 bridgehead atoms. The van der Waals surface area contributed by atoms with Gasteiger partial charge in [0.05, 0.1) is 0 Å². The van der Waals surface area contributed by atoms with Crippen molar-refractivity contribution in [2.24, 2.45) is 5.92 Å². The average molecular weight is 198 g/mol. The van der Waals surface area contributed by atoms with E-state index in [-0.39, 0.29) is 18.0 Å². The molecular weight excluding hydrogens is 184 g/mol. The number of ketones is 1. The molecule has 0 aromatic rings. The van der Waals surface area contributed by atoms with Crippen molar-refractivity contribution in [1.29, 1.82) is 0 Å². The van der Waals surface area contributed by atoms with Crippen molar-refractivity contribution in [1.82, 2.24) is 0 Å². The summed E-state index contributed by atoms with van der Waals surface area (Å²) in [4.78, 5) is 22.8. The minimum absolute atomic E-state index is 0.179. The lowest BCUT2D eigenvalue weighted by atomic mass is 9.99. The average Bonchev–Trinajstić information content (AvgIpc) is 1.99. The van der Waals surface area contributed by atoms with Gasteiger partial charge >= 0.3 is 5.97 Å². The molecule has 0 N–H and O–H groups in total. The molecule has 0 spiro atoms. The molecule has 0 saturated carbocycles. The Kier molecular flexibility index (Phi) is 2.64. The zero-order valence-corrected chi connectivity index (χ0v) is 8.62. The van der Waals surface area contributed by atoms with E-state index in [1.807, 2.05) is 0 Å². The summed E-state index contributed by atoms with van der Waals surface area (Å²) in [7, 11) is 0. The maximum atomic E-state index is 11.4. The molecule has 0 aliphatic carbocycles. The van der Waals surface area contributed by atoms with Crippen molar-refractivity contribution in [2.45, 2.75) is 33.0 Å². The van der Waals surface area contributed by atoms with Gasteiger partial charge in [-0.2, -0.15) is 0 Å². The summed E-state index contributed by atoms with van der Waals surface area (Å²) in [6.45, 7) is 8.45. The second-order valence-corrected chi connectivity index (χ2v) is 3.64. The number of carbonyl (C=O) groups excluding carboxylic acids is 2. The number of ether oxygens (including phenoxy) is 2. The smallest absolute Gasteiger partial charge is 0.327 e. The van der Waals surface area contributed by atoms with Crippen molar-refractivity contribution in [3.8, 4) is 0 Å². The molecule has 1 unspecified atom stereocenters. The molecule has 1 rings (SSSR count). The predicted molar refractivity (Wildman–Crippen MR) is 49.2 cm³/mol. The first kappa shape index (κ1) is 10.8. The highest BCUT2D eigenvalue weighted by Gasteiger charge is 2.42. The molecular formula is C10H14O4. The van der Waals surface area contributed by atoms with Crippen molar-refractivity contribution in [3.05, 3.63) is 12.3 Å². The number of rotatable bonds is 2. The predicted octanol–water partition coefficient (Wildman–Crippen LogP) is 1.40. The summed E-state index contributed by atoms with van der Waals surface area (Å²) in [5, 5.41) is 0. The van der Waals surface area contributed by atoms with Crippen LogP contribution in [0.3, 0.4) is 0 Å². The largest absolute Gasteiger partial charge is 0.456 e. The van der Waals surface area contributed by atoms with E-state index >= 15 is 0 Å². The zero-order chi connectivity index (χ0) is 10.9. The van der Waals surface area contributed by atoms with Gasteiger partial charge < -0.3 is 9.47 Å². The topological polar surface area (TPSA) is 52.6 Å². The van der Waals surface area contributed by atoms with E-state index < -0.39 is 17.7 Å². The summed E-state index contributed by atoms with van der Waals surface area (Å²) in [6, 6.07) is 0. The van der Waals surface area contributed by atoms with Gasteiger partial charge in [-0.15, -0.1) is 0 Å². The van der Waals surface area contributed by atoms with Crippen LogP contribution in [0.5, 0.6) is 0 Å². The molecule has 78 valence electrons. The van der Waals surface area contributed by atoms with Gasteiger partial charge in [0.1, 0.15) is 5.76 Å². The van der Waals surface area contributed by atoms with E-state index in [0.29, 0.717) is 0 Å². The number of hydrogen-bond donors (Lipinski definition) is 0. The fourth-order valence-corrected chi connectivity index (χ4v) is 1.34. The number of cyclic esters (lactones) is 1. The molecule has 14 heavy (non-hydrogen) atoms. The summed E-state index contributed by atoms with van der Waals surface area (Å²) in [5.41, 5.74) is 0. The molecule has 4 heteroatoms. The quantitative estimate of drug-likeness (QED) is 0.497. The molecule has 0 radical (unpaired) electrons. The van der Waals surface area contributed by atoms with Gasteiger partial charge in [-0.25, -0.2) is 0 Å². The maximum Gasteiger partial charge on any atom is 0.327 e. The molecule has 1 saturated heterocycles. The Labute approximate surface area is 82.9 Å². The molecule has 1 atom stereocenters. The lowest BCUT2D eigenvalue weighted by Crippen LogP contribution is -2.44. The van der Waals surface area contributed by atoms with Crippen LogP contribution in [0.25, 0.3) is 0 Å². The Morgan fingerprint density at radius 3 is 2.50 bits per heavy atom. The Hall–Kier alpha value is -1.32. The summed E-state index contributed by atoms with van der Waals surface area (Å²) in [5.74, 6) is -2.58. The third-order valence-electron chi connectivity index (χ3n) is 1.95. The first-order valence-corrected chi connectivity index (χ1v) is 4.50. The normalized spacial score (nSPS) is 25.2. The highest BCUT2D eigenvalue weighted by molar-refractivity contribution is 6.01. The molecule has 1 fully saturated rings. The Morgan fingerprint density at radius 2 is 2.07 bits per heavy atom. The SMILES string of the molecule is C=C1OC(C)(C)OC(=O)C1C(=O)CC. The Balaban J connectivity index is 2.87. The molecule has 1 heterocycles.